The zero-order valence-corrected chi connectivity index (χ0v) is 20.4. The molecule has 0 saturated carbocycles. The molecule has 0 fully saturated rings. The lowest BCUT2D eigenvalue weighted by molar-refractivity contribution is 1.53. The molecule has 1 nitrogen and oxygen atoms in total. The number of fused-ring (bicyclic) bond motifs is 4. The Balaban J connectivity index is 1.43. The van der Waals surface area contributed by atoms with Crippen molar-refractivity contribution in [1.29, 1.82) is 0 Å². The van der Waals surface area contributed by atoms with Crippen LogP contribution in [0, 0.1) is 0 Å². The first-order chi connectivity index (χ1) is 18.3. The van der Waals surface area contributed by atoms with Gasteiger partial charge in [-0.05, 0) is 79.6 Å². The van der Waals surface area contributed by atoms with Gasteiger partial charge in [0.25, 0.3) is 0 Å². The average molecular weight is 472 g/mol. The minimum atomic E-state index is 1.08. The lowest BCUT2D eigenvalue weighted by Gasteiger charge is -2.16. The molecule has 1 aliphatic carbocycles. The fourth-order valence-electron chi connectivity index (χ4n) is 5.51. The third kappa shape index (κ3) is 3.82. The number of rotatable bonds is 4. The van der Waals surface area contributed by atoms with Gasteiger partial charge in [-0.25, -0.2) is 0 Å². The highest BCUT2D eigenvalue weighted by Gasteiger charge is 2.27. The maximum absolute atomic E-state index is 3.67. The van der Waals surface area contributed by atoms with Crippen LogP contribution in [0.4, 0.5) is 11.4 Å². The molecule has 1 aliphatic rings. The standard InChI is InChI=1S/C36H25N/c1-3-12-26(13-4-1)35(27-14-5-2-6-15-27)36-33-18-10-9-17-31(33)32-22-21-30(24-34(32)36)37-29-20-19-25-11-7-8-16-28(25)23-29/h1-24,37H. The molecule has 0 atom stereocenters. The van der Waals surface area contributed by atoms with Crippen molar-refractivity contribution in [2.45, 2.75) is 0 Å². The molecule has 6 aromatic rings. The molecule has 174 valence electrons. The summed E-state index contributed by atoms with van der Waals surface area (Å²) in [6, 6.07) is 52.1. The highest BCUT2D eigenvalue weighted by molar-refractivity contribution is 6.14. The normalized spacial score (nSPS) is 11.7. The van der Waals surface area contributed by atoms with Crippen LogP contribution in [-0.4, -0.2) is 0 Å². The topological polar surface area (TPSA) is 12.0 Å². The second-order valence-corrected chi connectivity index (χ2v) is 9.47. The van der Waals surface area contributed by atoms with E-state index in [1.807, 2.05) is 0 Å². The SMILES string of the molecule is c1ccc(C(=C2c3ccccc3-c3ccc(Nc4ccc5ccccc5c4)cc32)c2ccccc2)cc1. The van der Waals surface area contributed by atoms with Gasteiger partial charge in [-0.2, -0.15) is 0 Å². The van der Waals surface area contributed by atoms with E-state index in [1.54, 1.807) is 0 Å². The molecule has 6 aromatic carbocycles. The van der Waals surface area contributed by atoms with Crippen LogP contribution in [0.1, 0.15) is 22.3 Å². The molecular formula is C36H25N. The molecule has 0 aliphatic heterocycles. The van der Waals surface area contributed by atoms with Crippen molar-refractivity contribution in [3.8, 4) is 11.1 Å². The zero-order chi connectivity index (χ0) is 24.6. The maximum Gasteiger partial charge on any atom is 0.0390 e. The molecule has 0 radical (unpaired) electrons. The van der Waals surface area contributed by atoms with Crippen LogP contribution in [0.2, 0.25) is 0 Å². The Morgan fingerprint density at radius 2 is 0.919 bits per heavy atom. The van der Waals surface area contributed by atoms with Crippen LogP contribution in [0.25, 0.3) is 33.0 Å². The first-order valence-corrected chi connectivity index (χ1v) is 12.7. The van der Waals surface area contributed by atoms with Gasteiger partial charge < -0.3 is 5.32 Å². The van der Waals surface area contributed by atoms with Crippen LogP contribution in [0.5, 0.6) is 0 Å². The van der Waals surface area contributed by atoms with E-state index in [4.69, 9.17) is 0 Å². The number of anilines is 2. The summed E-state index contributed by atoms with van der Waals surface area (Å²) in [4.78, 5) is 0. The Bertz CT molecular complexity index is 1740. The summed E-state index contributed by atoms with van der Waals surface area (Å²) >= 11 is 0. The fourth-order valence-corrected chi connectivity index (χ4v) is 5.51. The van der Waals surface area contributed by atoms with E-state index in [0.29, 0.717) is 0 Å². The molecule has 0 amide bonds. The van der Waals surface area contributed by atoms with E-state index in [0.717, 1.165) is 11.4 Å². The van der Waals surface area contributed by atoms with Gasteiger partial charge in [0.05, 0.1) is 0 Å². The van der Waals surface area contributed by atoms with Crippen molar-refractivity contribution < 1.29 is 0 Å². The lowest BCUT2D eigenvalue weighted by Crippen LogP contribution is -1.96. The zero-order valence-electron chi connectivity index (χ0n) is 20.4. The summed E-state index contributed by atoms with van der Waals surface area (Å²) in [7, 11) is 0. The molecule has 0 unspecified atom stereocenters. The van der Waals surface area contributed by atoms with E-state index < -0.39 is 0 Å². The van der Waals surface area contributed by atoms with Crippen molar-refractivity contribution in [3.63, 3.8) is 0 Å². The summed E-state index contributed by atoms with van der Waals surface area (Å²) < 4.78 is 0. The molecule has 0 spiro atoms. The van der Waals surface area contributed by atoms with E-state index in [-0.39, 0.29) is 0 Å². The minimum Gasteiger partial charge on any atom is -0.355 e. The Morgan fingerprint density at radius 3 is 1.65 bits per heavy atom. The quantitative estimate of drug-likeness (QED) is 0.269. The van der Waals surface area contributed by atoms with Crippen LogP contribution >= 0.6 is 0 Å². The Hall–Kier alpha value is -4.88. The first kappa shape index (κ1) is 21.4. The number of nitrogens with one attached hydrogen (secondary N) is 1. The third-order valence-electron chi connectivity index (χ3n) is 7.19. The monoisotopic (exact) mass is 471 g/mol. The van der Waals surface area contributed by atoms with Crippen LogP contribution in [0.15, 0.2) is 146 Å². The van der Waals surface area contributed by atoms with Crippen molar-refractivity contribution in [2.75, 3.05) is 5.32 Å². The van der Waals surface area contributed by atoms with E-state index in [2.05, 4.69) is 151 Å². The smallest absolute Gasteiger partial charge is 0.0390 e. The molecule has 1 N–H and O–H groups in total. The van der Waals surface area contributed by atoms with Crippen molar-refractivity contribution in [2.24, 2.45) is 0 Å². The molecule has 0 aromatic heterocycles. The van der Waals surface area contributed by atoms with Gasteiger partial charge in [-0.1, -0.05) is 121 Å². The predicted molar refractivity (Wildman–Crippen MR) is 157 cm³/mol. The fraction of sp³-hybridized carbons (Fsp3) is 0. The largest absolute Gasteiger partial charge is 0.355 e. The Morgan fingerprint density at radius 1 is 0.378 bits per heavy atom. The molecule has 0 heterocycles. The van der Waals surface area contributed by atoms with Crippen molar-refractivity contribution in [3.05, 3.63) is 168 Å². The van der Waals surface area contributed by atoms with Crippen LogP contribution < -0.4 is 5.32 Å². The van der Waals surface area contributed by atoms with Gasteiger partial charge in [-0.3, -0.25) is 0 Å². The van der Waals surface area contributed by atoms with E-state index >= 15 is 0 Å². The summed E-state index contributed by atoms with van der Waals surface area (Å²) in [6.45, 7) is 0. The molecule has 1 heteroatoms. The number of hydrogen-bond donors (Lipinski definition) is 1. The molecule has 37 heavy (non-hydrogen) atoms. The van der Waals surface area contributed by atoms with Crippen LogP contribution in [-0.2, 0) is 0 Å². The van der Waals surface area contributed by atoms with Gasteiger partial charge in [0, 0.05) is 11.4 Å². The predicted octanol–water partition coefficient (Wildman–Crippen LogP) is 9.57. The van der Waals surface area contributed by atoms with E-state index in [9.17, 15) is 0 Å². The first-order valence-electron chi connectivity index (χ1n) is 12.7. The van der Waals surface area contributed by atoms with Gasteiger partial charge in [0.2, 0.25) is 0 Å². The van der Waals surface area contributed by atoms with Crippen LogP contribution in [0.3, 0.4) is 0 Å². The number of benzene rings is 6. The maximum atomic E-state index is 3.67. The molecule has 0 saturated heterocycles. The second-order valence-electron chi connectivity index (χ2n) is 9.47. The summed E-state index contributed by atoms with van der Waals surface area (Å²) in [5.74, 6) is 0. The second kappa shape index (κ2) is 8.96. The highest BCUT2D eigenvalue weighted by Crippen LogP contribution is 2.49. The number of hydrogen-bond acceptors (Lipinski definition) is 1. The lowest BCUT2D eigenvalue weighted by atomic mass is 9.88. The van der Waals surface area contributed by atoms with Gasteiger partial charge in [0.1, 0.15) is 0 Å². The minimum absolute atomic E-state index is 1.08. The molecule has 7 rings (SSSR count). The van der Waals surface area contributed by atoms with Gasteiger partial charge in [0.15, 0.2) is 0 Å². The average Bonchev–Trinajstić information content (AvgIpc) is 3.28. The third-order valence-corrected chi connectivity index (χ3v) is 7.19. The van der Waals surface area contributed by atoms with Crippen molar-refractivity contribution in [1.82, 2.24) is 0 Å². The summed E-state index contributed by atoms with van der Waals surface area (Å²) in [5, 5.41) is 6.15. The van der Waals surface area contributed by atoms with Gasteiger partial charge >= 0.3 is 0 Å². The highest BCUT2D eigenvalue weighted by atomic mass is 14.9. The summed E-state index contributed by atoms with van der Waals surface area (Å²) in [6.07, 6.45) is 0. The van der Waals surface area contributed by atoms with Gasteiger partial charge in [-0.15, -0.1) is 0 Å². The molecule has 0 bridgehead atoms. The Kier molecular flexibility index (Phi) is 5.19. The Labute approximate surface area is 217 Å². The van der Waals surface area contributed by atoms with Crippen molar-refractivity contribution >= 4 is 33.3 Å². The van der Waals surface area contributed by atoms with E-state index in [1.165, 1.54) is 55.3 Å². The summed E-state index contributed by atoms with van der Waals surface area (Å²) in [5.41, 5.74) is 12.3. The molecular weight excluding hydrogens is 446 g/mol.